The number of hydrogen-bond acceptors (Lipinski definition) is 4. The smallest absolute Gasteiger partial charge is 0.405 e. The fourth-order valence-electron chi connectivity index (χ4n) is 2.63. The zero-order chi connectivity index (χ0) is 17.7. The van der Waals surface area contributed by atoms with Gasteiger partial charge in [0, 0.05) is 10.9 Å². The molecule has 1 amide bonds. The predicted molar refractivity (Wildman–Crippen MR) is 95.1 cm³/mol. The molecule has 1 unspecified atom stereocenters. The molecule has 0 saturated heterocycles. The fourth-order valence-corrected chi connectivity index (χ4v) is 2.94. The molecule has 0 fully saturated rings. The molecule has 0 saturated carbocycles. The van der Waals surface area contributed by atoms with Gasteiger partial charge in [0.2, 0.25) is 0 Å². The molecule has 1 heterocycles. The summed E-state index contributed by atoms with van der Waals surface area (Å²) in [4.78, 5) is 28.9. The second-order valence-electron chi connectivity index (χ2n) is 5.88. The van der Waals surface area contributed by atoms with E-state index in [9.17, 15) is 9.59 Å². The Kier molecular flexibility index (Phi) is 5.72. The van der Waals surface area contributed by atoms with Gasteiger partial charge in [0.15, 0.2) is 5.78 Å². The summed E-state index contributed by atoms with van der Waals surface area (Å²) in [6.45, 7) is 3.32. The van der Waals surface area contributed by atoms with Crippen molar-refractivity contribution < 1.29 is 14.3 Å². The molecule has 5 nitrogen and oxygen atoms in total. The van der Waals surface area contributed by atoms with E-state index >= 15 is 0 Å². The first-order valence-corrected chi connectivity index (χ1v) is 8.57. The van der Waals surface area contributed by atoms with Gasteiger partial charge in [-0.15, -0.1) is 0 Å². The van der Waals surface area contributed by atoms with Crippen LogP contribution in [0.5, 0.6) is 0 Å². The van der Waals surface area contributed by atoms with Gasteiger partial charge in [-0.2, -0.15) is 0 Å². The highest BCUT2D eigenvalue weighted by atomic mass is 79.9. The van der Waals surface area contributed by atoms with E-state index in [4.69, 9.17) is 10.5 Å². The SMILES string of the molecule is CC(C)(OC(N)=O)C(C(=O)c1ccccc1)c1cccc(CBr)n1. The van der Waals surface area contributed by atoms with Crippen molar-refractivity contribution in [3.8, 4) is 0 Å². The number of amides is 1. The van der Waals surface area contributed by atoms with Crippen LogP contribution < -0.4 is 5.73 Å². The number of rotatable bonds is 6. The zero-order valence-corrected chi connectivity index (χ0v) is 15.1. The molecule has 126 valence electrons. The van der Waals surface area contributed by atoms with Crippen molar-refractivity contribution in [3.63, 3.8) is 0 Å². The first-order chi connectivity index (χ1) is 11.3. The van der Waals surface area contributed by atoms with Gasteiger partial charge in [-0.05, 0) is 26.0 Å². The number of alkyl halides is 1. The number of pyridine rings is 1. The number of ether oxygens (including phenoxy) is 1. The van der Waals surface area contributed by atoms with Gasteiger partial charge in [0.1, 0.15) is 11.5 Å². The number of aromatic nitrogens is 1. The number of nitrogens with two attached hydrogens (primary N) is 1. The van der Waals surface area contributed by atoms with E-state index in [1.807, 2.05) is 18.2 Å². The number of carbonyl (C=O) groups excluding carboxylic acids is 2. The molecule has 24 heavy (non-hydrogen) atoms. The normalized spacial score (nSPS) is 12.5. The molecular formula is C18H19BrN2O3. The van der Waals surface area contributed by atoms with E-state index in [2.05, 4.69) is 20.9 Å². The minimum Gasteiger partial charge on any atom is -0.442 e. The molecular weight excluding hydrogens is 372 g/mol. The summed E-state index contributed by atoms with van der Waals surface area (Å²) in [5, 5.41) is 0.560. The minimum atomic E-state index is -1.14. The highest BCUT2D eigenvalue weighted by Crippen LogP contribution is 2.33. The molecule has 1 aromatic carbocycles. The highest BCUT2D eigenvalue weighted by molar-refractivity contribution is 9.08. The van der Waals surface area contributed by atoms with E-state index in [0.717, 1.165) is 5.69 Å². The van der Waals surface area contributed by atoms with Crippen LogP contribution in [-0.2, 0) is 10.1 Å². The molecule has 1 atom stereocenters. The first kappa shape index (κ1) is 18.1. The van der Waals surface area contributed by atoms with E-state index in [0.29, 0.717) is 16.6 Å². The summed E-state index contributed by atoms with van der Waals surface area (Å²) < 4.78 is 5.24. The van der Waals surface area contributed by atoms with Crippen LogP contribution in [0, 0.1) is 0 Å². The van der Waals surface area contributed by atoms with Crippen LogP contribution in [-0.4, -0.2) is 22.5 Å². The summed E-state index contributed by atoms with van der Waals surface area (Å²) in [6, 6.07) is 14.3. The zero-order valence-electron chi connectivity index (χ0n) is 13.5. The fraction of sp³-hybridized carbons (Fsp3) is 0.278. The Balaban J connectivity index is 2.52. The molecule has 2 N–H and O–H groups in total. The number of carbonyl (C=O) groups is 2. The number of primary amides is 1. The van der Waals surface area contributed by atoms with Gasteiger partial charge < -0.3 is 10.5 Å². The lowest BCUT2D eigenvalue weighted by Gasteiger charge is -2.32. The standard InChI is InChI=1S/C18H19BrN2O3/c1-18(2,24-17(20)23)15(14-10-6-9-13(11-19)21-14)16(22)12-7-4-3-5-8-12/h3-10,15H,11H2,1-2H3,(H2,20,23). The maximum absolute atomic E-state index is 13.1. The van der Waals surface area contributed by atoms with Crippen molar-refractivity contribution in [3.05, 3.63) is 65.5 Å². The monoisotopic (exact) mass is 390 g/mol. The van der Waals surface area contributed by atoms with Gasteiger partial charge in [-0.1, -0.05) is 52.3 Å². The lowest BCUT2D eigenvalue weighted by molar-refractivity contribution is 0.0235. The first-order valence-electron chi connectivity index (χ1n) is 7.44. The van der Waals surface area contributed by atoms with Crippen LogP contribution in [0.25, 0.3) is 0 Å². The Bertz CT molecular complexity index is 732. The lowest BCUT2D eigenvalue weighted by atomic mass is 9.81. The van der Waals surface area contributed by atoms with Crippen molar-refractivity contribution in [1.29, 1.82) is 0 Å². The number of benzene rings is 1. The van der Waals surface area contributed by atoms with Crippen molar-refractivity contribution in [2.45, 2.75) is 30.7 Å². The van der Waals surface area contributed by atoms with Gasteiger partial charge in [0.25, 0.3) is 0 Å². The maximum atomic E-state index is 13.1. The van der Waals surface area contributed by atoms with Crippen molar-refractivity contribution in [1.82, 2.24) is 4.98 Å². The average Bonchev–Trinajstić information content (AvgIpc) is 2.54. The Morgan fingerprint density at radius 2 is 1.83 bits per heavy atom. The topological polar surface area (TPSA) is 82.3 Å². The minimum absolute atomic E-state index is 0.180. The van der Waals surface area contributed by atoms with Crippen LogP contribution in [0.15, 0.2) is 48.5 Å². The summed E-state index contributed by atoms with van der Waals surface area (Å²) in [7, 11) is 0. The summed E-state index contributed by atoms with van der Waals surface area (Å²) >= 11 is 3.36. The van der Waals surface area contributed by atoms with E-state index in [1.54, 1.807) is 44.2 Å². The molecule has 0 radical (unpaired) electrons. The average molecular weight is 391 g/mol. The molecule has 0 aliphatic heterocycles. The Morgan fingerprint density at radius 1 is 1.17 bits per heavy atom. The lowest BCUT2D eigenvalue weighted by Crippen LogP contribution is -2.41. The van der Waals surface area contributed by atoms with Crippen LogP contribution in [0.4, 0.5) is 4.79 Å². The van der Waals surface area contributed by atoms with Gasteiger partial charge in [-0.25, -0.2) is 4.79 Å². The molecule has 0 bridgehead atoms. The summed E-state index contributed by atoms with van der Waals surface area (Å²) in [5.74, 6) is -0.951. The third kappa shape index (κ3) is 4.20. The Morgan fingerprint density at radius 3 is 2.42 bits per heavy atom. The third-order valence-corrected chi connectivity index (χ3v) is 4.21. The van der Waals surface area contributed by atoms with Crippen molar-refractivity contribution >= 4 is 27.8 Å². The Labute approximate surface area is 149 Å². The van der Waals surface area contributed by atoms with Crippen LogP contribution >= 0.6 is 15.9 Å². The quantitative estimate of drug-likeness (QED) is 0.600. The number of halogens is 1. The van der Waals surface area contributed by atoms with E-state index < -0.39 is 17.6 Å². The van der Waals surface area contributed by atoms with E-state index in [1.165, 1.54) is 0 Å². The Hall–Kier alpha value is -2.21. The molecule has 2 aromatic rings. The van der Waals surface area contributed by atoms with Crippen LogP contribution in [0.2, 0.25) is 0 Å². The number of hydrogen-bond donors (Lipinski definition) is 1. The molecule has 2 rings (SSSR count). The van der Waals surface area contributed by atoms with Crippen molar-refractivity contribution in [2.75, 3.05) is 0 Å². The molecule has 6 heteroatoms. The second kappa shape index (κ2) is 7.57. The molecule has 1 aromatic heterocycles. The summed E-state index contributed by atoms with van der Waals surface area (Å²) in [6.07, 6.45) is -0.928. The highest BCUT2D eigenvalue weighted by Gasteiger charge is 2.41. The second-order valence-corrected chi connectivity index (χ2v) is 6.44. The summed E-state index contributed by atoms with van der Waals surface area (Å²) in [5.41, 5.74) is 5.89. The molecule has 0 aliphatic carbocycles. The maximum Gasteiger partial charge on any atom is 0.405 e. The predicted octanol–water partition coefficient (Wildman–Crippen LogP) is 3.82. The van der Waals surface area contributed by atoms with Crippen LogP contribution in [0.3, 0.4) is 0 Å². The van der Waals surface area contributed by atoms with Gasteiger partial charge in [-0.3, -0.25) is 9.78 Å². The van der Waals surface area contributed by atoms with Crippen molar-refractivity contribution in [2.24, 2.45) is 5.73 Å². The molecule has 0 spiro atoms. The van der Waals surface area contributed by atoms with Gasteiger partial charge in [0.05, 0.1) is 11.4 Å². The third-order valence-electron chi connectivity index (χ3n) is 3.64. The van der Waals surface area contributed by atoms with Gasteiger partial charge >= 0.3 is 6.09 Å². The number of nitrogens with zero attached hydrogens (tertiary/aromatic N) is 1. The molecule has 0 aliphatic rings. The number of Topliss-reactive ketones (excluding diaryl/α,β-unsaturated/α-hetero) is 1. The van der Waals surface area contributed by atoms with E-state index in [-0.39, 0.29) is 5.78 Å². The number of ketones is 1. The largest absolute Gasteiger partial charge is 0.442 e. The van der Waals surface area contributed by atoms with Crippen LogP contribution in [0.1, 0.15) is 41.5 Å².